The molecule has 0 aliphatic heterocycles. The number of aliphatic hydroxyl groups is 2. The van der Waals surface area contributed by atoms with E-state index >= 15 is 0 Å². The summed E-state index contributed by atoms with van der Waals surface area (Å²) in [5.41, 5.74) is 2.70. The quantitative estimate of drug-likeness (QED) is 0.687. The summed E-state index contributed by atoms with van der Waals surface area (Å²) in [6.07, 6.45) is 4.30. The minimum atomic E-state index is -0.300. The Bertz CT molecular complexity index is 382. The predicted molar refractivity (Wildman–Crippen MR) is 67.5 cm³/mol. The van der Waals surface area contributed by atoms with Gasteiger partial charge >= 0.3 is 0 Å². The molecule has 0 heterocycles. The van der Waals surface area contributed by atoms with Crippen LogP contribution in [0.3, 0.4) is 0 Å². The van der Waals surface area contributed by atoms with Crippen molar-refractivity contribution in [3.63, 3.8) is 0 Å². The summed E-state index contributed by atoms with van der Waals surface area (Å²) in [7, 11) is 0. The van der Waals surface area contributed by atoms with Gasteiger partial charge in [0.05, 0.1) is 12.7 Å². The van der Waals surface area contributed by atoms with Crippen LogP contribution in [0.15, 0.2) is 11.1 Å². The molecule has 4 unspecified atom stereocenters. The summed E-state index contributed by atoms with van der Waals surface area (Å²) < 4.78 is 0. The van der Waals surface area contributed by atoms with Crippen LogP contribution in [-0.2, 0) is 0 Å². The lowest BCUT2D eigenvalue weighted by Crippen LogP contribution is -2.38. The van der Waals surface area contributed by atoms with Crippen molar-refractivity contribution < 1.29 is 10.2 Å². The fraction of sp³-hybridized carbons (Fsp3) is 0.867. The number of fused-ring (bicyclic) bond motifs is 1. The van der Waals surface area contributed by atoms with Gasteiger partial charge in [0, 0.05) is 0 Å². The standard InChI is InChI=1S/C15H24O2/c1-9-6-12(17)13-11(8-16)14(2,3)10-4-5-15(9,13)7-10/h9-10,12,16-17H,4-8H2,1-3H3. The van der Waals surface area contributed by atoms with E-state index in [4.69, 9.17) is 0 Å². The lowest BCUT2D eigenvalue weighted by molar-refractivity contribution is 0.152. The van der Waals surface area contributed by atoms with Gasteiger partial charge in [-0.25, -0.2) is 0 Å². The third-order valence-corrected chi connectivity index (χ3v) is 6.22. The molecule has 96 valence electrons. The van der Waals surface area contributed by atoms with Crippen molar-refractivity contribution in [1.82, 2.24) is 0 Å². The van der Waals surface area contributed by atoms with Gasteiger partial charge in [-0.3, -0.25) is 0 Å². The molecule has 2 heteroatoms. The second-order valence-electron chi connectivity index (χ2n) is 7.02. The average molecular weight is 236 g/mol. The van der Waals surface area contributed by atoms with Crippen LogP contribution in [0.25, 0.3) is 0 Å². The molecule has 0 aromatic carbocycles. The minimum absolute atomic E-state index is 0.0785. The molecule has 2 bridgehead atoms. The molecule has 2 nitrogen and oxygen atoms in total. The summed E-state index contributed by atoms with van der Waals surface area (Å²) in [6.45, 7) is 6.92. The van der Waals surface area contributed by atoms with Gasteiger partial charge in [0.25, 0.3) is 0 Å². The van der Waals surface area contributed by atoms with Gasteiger partial charge in [-0.2, -0.15) is 0 Å². The molecule has 17 heavy (non-hydrogen) atoms. The summed E-state index contributed by atoms with van der Waals surface area (Å²) in [4.78, 5) is 0. The smallest absolute Gasteiger partial charge is 0.0762 e. The topological polar surface area (TPSA) is 40.5 Å². The van der Waals surface area contributed by atoms with Crippen molar-refractivity contribution in [2.45, 2.75) is 52.6 Å². The zero-order chi connectivity index (χ0) is 12.4. The maximum Gasteiger partial charge on any atom is 0.0762 e. The molecule has 3 aliphatic carbocycles. The largest absolute Gasteiger partial charge is 0.392 e. The van der Waals surface area contributed by atoms with Crippen LogP contribution in [0.1, 0.15) is 46.5 Å². The predicted octanol–water partition coefficient (Wildman–Crippen LogP) is 2.50. The molecule has 0 amide bonds. The monoisotopic (exact) mass is 236 g/mol. The summed E-state index contributed by atoms with van der Waals surface area (Å²) in [6, 6.07) is 0. The van der Waals surface area contributed by atoms with Crippen LogP contribution in [0, 0.1) is 22.7 Å². The van der Waals surface area contributed by atoms with Crippen LogP contribution in [0.4, 0.5) is 0 Å². The van der Waals surface area contributed by atoms with Crippen molar-refractivity contribution >= 4 is 0 Å². The first kappa shape index (κ1) is 11.7. The molecular formula is C15H24O2. The fourth-order valence-corrected chi connectivity index (χ4v) is 5.04. The van der Waals surface area contributed by atoms with E-state index in [-0.39, 0.29) is 23.5 Å². The Labute approximate surface area is 104 Å². The first-order valence-corrected chi connectivity index (χ1v) is 6.96. The van der Waals surface area contributed by atoms with Gasteiger partial charge < -0.3 is 10.2 Å². The van der Waals surface area contributed by atoms with E-state index in [1.54, 1.807) is 0 Å². The van der Waals surface area contributed by atoms with Crippen molar-refractivity contribution in [3.05, 3.63) is 11.1 Å². The number of rotatable bonds is 1. The third-order valence-electron chi connectivity index (χ3n) is 6.22. The van der Waals surface area contributed by atoms with E-state index in [9.17, 15) is 10.2 Å². The van der Waals surface area contributed by atoms with Crippen molar-refractivity contribution in [2.24, 2.45) is 22.7 Å². The number of hydrogen-bond donors (Lipinski definition) is 2. The Hall–Kier alpha value is -0.340. The molecule has 3 aliphatic rings. The highest BCUT2D eigenvalue weighted by Gasteiger charge is 2.60. The average Bonchev–Trinajstić information content (AvgIpc) is 2.76. The van der Waals surface area contributed by atoms with Gasteiger partial charge in [-0.05, 0) is 59.5 Å². The molecule has 2 saturated carbocycles. The number of aliphatic hydroxyl groups excluding tert-OH is 2. The molecule has 0 radical (unpaired) electrons. The molecule has 3 rings (SSSR count). The number of hydrogen-bond acceptors (Lipinski definition) is 2. The van der Waals surface area contributed by atoms with Gasteiger partial charge in [0.15, 0.2) is 0 Å². The first-order valence-electron chi connectivity index (χ1n) is 6.96. The van der Waals surface area contributed by atoms with Gasteiger partial charge in [0.1, 0.15) is 0 Å². The molecule has 4 atom stereocenters. The lowest BCUT2D eigenvalue weighted by Gasteiger charge is -2.45. The molecule has 0 aromatic heterocycles. The van der Waals surface area contributed by atoms with E-state index in [0.29, 0.717) is 11.8 Å². The Balaban J connectivity index is 2.22. The third kappa shape index (κ3) is 1.23. The lowest BCUT2D eigenvalue weighted by atomic mass is 9.60. The highest BCUT2D eigenvalue weighted by atomic mass is 16.3. The van der Waals surface area contributed by atoms with Crippen molar-refractivity contribution in [2.75, 3.05) is 6.61 Å². The van der Waals surface area contributed by atoms with Gasteiger partial charge in [-0.1, -0.05) is 20.8 Å². The second-order valence-corrected chi connectivity index (χ2v) is 7.02. The van der Waals surface area contributed by atoms with Crippen molar-refractivity contribution in [3.8, 4) is 0 Å². The van der Waals surface area contributed by atoms with Crippen LogP contribution in [-0.4, -0.2) is 22.9 Å². The second kappa shape index (κ2) is 3.36. The van der Waals surface area contributed by atoms with Crippen molar-refractivity contribution in [1.29, 1.82) is 0 Å². The van der Waals surface area contributed by atoms with E-state index in [1.165, 1.54) is 24.8 Å². The maximum absolute atomic E-state index is 10.4. The van der Waals surface area contributed by atoms with E-state index in [1.807, 2.05) is 0 Å². The summed E-state index contributed by atoms with van der Waals surface area (Å²) >= 11 is 0. The Morgan fingerprint density at radius 3 is 2.71 bits per heavy atom. The minimum Gasteiger partial charge on any atom is -0.392 e. The Kier molecular flexibility index (Phi) is 2.32. The molecule has 2 fully saturated rings. The highest BCUT2D eigenvalue weighted by molar-refractivity contribution is 5.40. The molecule has 1 spiro atoms. The normalized spacial score (nSPS) is 47.5. The van der Waals surface area contributed by atoms with Gasteiger partial charge in [0.2, 0.25) is 0 Å². The van der Waals surface area contributed by atoms with Crippen LogP contribution < -0.4 is 0 Å². The molecule has 0 saturated heterocycles. The van der Waals surface area contributed by atoms with Crippen LogP contribution >= 0.6 is 0 Å². The Morgan fingerprint density at radius 2 is 2.06 bits per heavy atom. The molecule has 2 N–H and O–H groups in total. The van der Waals surface area contributed by atoms with Crippen LogP contribution in [0.2, 0.25) is 0 Å². The van der Waals surface area contributed by atoms with Crippen LogP contribution in [0.5, 0.6) is 0 Å². The zero-order valence-corrected chi connectivity index (χ0v) is 11.2. The van der Waals surface area contributed by atoms with Gasteiger partial charge in [-0.15, -0.1) is 0 Å². The van der Waals surface area contributed by atoms with E-state index in [2.05, 4.69) is 20.8 Å². The first-order chi connectivity index (χ1) is 7.93. The molecule has 0 aromatic rings. The Morgan fingerprint density at radius 1 is 1.35 bits per heavy atom. The van der Waals surface area contributed by atoms with E-state index < -0.39 is 0 Å². The maximum atomic E-state index is 10.4. The zero-order valence-electron chi connectivity index (χ0n) is 11.2. The summed E-state index contributed by atoms with van der Waals surface area (Å²) in [5, 5.41) is 20.1. The SMILES string of the molecule is CC1CC(O)C2=C(CO)C(C)(C)C3CCC21C3. The van der Waals surface area contributed by atoms with E-state index in [0.717, 1.165) is 12.0 Å². The fourth-order valence-electron chi connectivity index (χ4n) is 5.04. The molecular weight excluding hydrogens is 212 g/mol. The summed E-state index contributed by atoms with van der Waals surface area (Å²) in [5.74, 6) is 1.27. The highest BCUT2D eigenvalue weighted by Crippen LogP contribution is 2.67.